The molecule has 0 aliphatic carbocycles. The molecule has 0 bridgehead atoms. The first kappa shape index (κ1) is 13.4. The highest BCUT2D eigenvalue weighted by Crippen LogP contribution is 2.32. The van der Waals surface area contributed by atoms with E-state index in [2.05, 4.69) is 15.9 Å². The number of ketones is 1. The van der Waals surface area contributed by atoms with Gasteiger partial charge in [-0.05, 0) is 24.6 Å². The number of alkyl halides is 1. The third kappa shape index (κ3) is 3.42. The first-order valence-corrected chi connectivity index (χ1v) is 5.72. The minimum absolute atomic E-state index is 0.0642. The normalized spacial score (nSPS) is 12.6. The van der Waals surface area contributed by atoms with Crippen LogP contribution in [0.2, 0.25) is 0 Å². The molecule has 1 aromatic carbocycles. The number of carboxylic acids is 1. The number of benzene rings is 1. The largest absolute Gasteiger partial charge is 0.507 e. The van der Waals surface area contributed by atoms with Crippen molar-refractivity contribution in [1.29, 1.82) is 0 Å². The summed E-state index contributed by atoms with van der Waals surface area (Å²) in [7, 11) is 0. The highest BCUT2D eigenvalue weighted by Gasteiger charge is 2.17. The highest BCUT2D eigenvalue weighted by atomic mass is 79.9. The first-order chi connectivity index (χ1) is 7.93. The van der Waals surface area contributed by atoms with E-state index in [4.69, 9.17) is 5.11 Å². The molecule has 5 heteroatoms. The summed E-state index contributed by atoms with van der Waals surface area (Å²) in [5.74, 6) is -1.31. The molecule has 4 nitrogen and oxygen atoms in total. The summed E-state index contributed by atoms with van der Waals surface area (Å²) in [5, 5.41) is 18.2. The maximum Gasteiger partial charge on any atom is 0.328 e. The fraction of sp³-hybridized carbons (Fsp3) is 0.167. The van der Waals surface area contributed by atoms with E-state index in [0.717, 1.165) is 6.08 Å². The van der Waals surface area contributed by atoms with Crippen LogP contribution in [0, 0.1) is 0 Å². The zero-order chi connectivity index (χ0) is 13.0. The molecule has 17 heavy (non-hydrogen) atoms. The number of hydrogen-bond acceptors (Lipinski definition) is 3. The van der Waals surface area contributed by atoms with Crippen molar-refractivity contribution in [3.63, 3.8) is 0 Å². The lowest BCUT2D eigenvalue weighted by Gasteiger charge is -2.11. The molecule has 0 radical (unpaired) electrons. The second-order valence-electron chi connectivity index (χ2n) is 3.42. The molecule has 0 spiro atoms. The monoisotopic (exact) mass is 298 g/mol. The Morgan fingerprint density at radius 3 is 2.59 bits per heavy atom. The number of phenols is 1. The standard InChI is InChI=1S/C12H11BrO4/c1-7(14)12(13)9-3-2-4-10(15)8(9)5-6-11(16)17/h2-6,12,15H,1H3,(H,16,17). The summed E-state index contributed by atoms with van der Waals surface area (Å²) in [5.41, 5.74) is 0.863. The molecule has 0 aliphatic rings. The van der Waals surface area contributed by atoms with Crippen LogP contribution in [-0.4, -0.2) is 22.0 Å². The Hall–Kier alpha value is -1.62. The molecule has 0 heterocycles. The molecule has 90 valence electrons. The van der Waals surface area contributed by atoms with Gasteiger partial charge in [-0.2, -0.15) is 0 Å². The van der Waals surface area contributed by atoms with Crippen molar-refractivity contribution in [2.24, 2.45) is 0 Å². The van der Waals surface area contributed by atoms with E-state index in [1.54, 1.807) is 12.1 Å². The molecule has 1 rings (SSSR count). The van der Waals surface area contributed by atoms with Crippen LogP contribution in [0.1, 0.15) is 22.9 Å². The van der Waals surface area contributed by atoms with Crippen molar-refractivity contribution in [2.45, 2.75) is 11.8 Å². The van der Waals surface area contributed by atoms with E-state index >= 15 is 0 Å². The van der Waals surface area contributed by atoms with Crippen molar-refractivity contribution in [3.8, 4) is 5.75 Å². The molecular formula is C12H11BrO4. The SMILES string of the molecule is CC(=O)C(Br)c1cccc(O)c1C=CC(=O)O. The average Bonchev–Trinajstić information content (AvgIpc) is 2.25. The number of rotatable bonds is 4. The van der Waals surface area contributed by atoms with Crippen LogP contribution >= 0.6 is 15.9 Å². The lowest BCUT2D eigenvalue weighted by molar-refractivity contribution is -0.131. The summed E-state index contributed by atoms with van der Waals surface area (Å²) in [6.45, 7) is 1.41. The van der Waals surface area contributed by atoms with Crippen molar-refractivity contribution >= 4 is 33.8 Å². The second kappa shape index (κ2) is 5.63. The number of halogens is 1. The first-order valence-electron chi connectivity index (χ1n) is 4.81. The lowest BCUT2D eigenvalue weighted by atomic mass is 10.0. The summed E-state index contributed by atoms with van der Waals surface area (Å²) in [4.78, 5) is 21.2. The summed E-state index contributed by atoms with van der Waals surface area (Å²) >= 11 is 3.20. The topological polar surface area (TPSA) is 74.6 Å². The zero-order valence-corrected chi connectivity index (χ0v) is 10.6. The predicted molar refractivity (Wildman–Crippen MR) is 67.1 cm³/mol. The van der Waals surface area contributed by atoms with Crippen molar-refractivity contribution in [2.75, 3.05) is 0 Å². The van der Waals surface area contributed by atoms with Gasteiger partial charge in [-0.1, -0.05) is 28.1 Å². The zero-order valence-electron chi connectivity index (χ0n) is 9.05. The van der Waals surface area contributed by atoms with Gasteiger partial charge in [0.15, 0.2) is 0 Å². The summed E-state index contributed by atoms with van der Waals surface area (Å²) in [6.07, 6.45) is 2.18. The number of hydrogen-bond donors (Lipinski definition) is 2. The Morgan fingerprint density at radius 2 is 2.06 bits per heavy atom. The summed E-state index contributed by atoms with van der Waals surface area (Å²) in [6, 6.07) is 4.69. The molecule has 0 saturated carbocycles. The quantitative estimate of drug-likeness (QED) is 0.661. The van der Waals surface area contributed by atoms with Crippen molar-refractivity contribution in [3.05, 3.63) is 35.4 Å². The maximum atomic E-state index is 11.3. The molecule has 0 saturated heterocycles. The van der Waals surface area contributed by atoms with E-state index in [1.165, 1.54) is 19.1 Å². The molecule has 2 N–H and O–H groups in total. The third-order valence-electron chi connectivity index (χ3n) is 2.14. The number of phenolic OH excluding ortho intramolecular Hbond substituents is 1. The highest BCUT2D eigenvalue weighted by molar-refractivity contribution is 9.09. The van der Waals surface area contributed by atoms with Gasteiger partial charge in [0.25, 0.3) is 0 Å². The van der Waals surface area contributed by atoms with Crippen molar-refractivity contribution in [1.82, 2.24) is 0 Å². The number of Topliss-reactive ketones (excluding diaryl/α,β-unsaturated/α-hetero) is 1. The van der Waals surface area contributed by atoms with E-state index in [-0.39, 0.29) is 11.5 Å². The maximum absolute atomic E-state index is 11.3. The Morgan fingerprint density at radius 1 is 1.41 bits per heavy atom. The van der Waals surface area contributed by atoms with Gasteiger partial charge < -0.3 is 10.2 Å². The van der Waals surface area contributed by atoms with Gasteiger partial charge in [-0.25, -0.2) is 4.79 Å². The fourth-order valence-corrected chi connectivity index (χ4v) is 1.75. The number of aliphatic carboxylic acids is 1. The van der Waals surface area contributed by atoms with Crippen LogP contribution in [0.5, 0.6) is 5.75 Å². The fourth-order valence-electron chi connectivity index (χ4n) is 1.35. The van der Waals surface area contributed by atoms with Crippen molar-refractivity contribution < 1.29 is 19.8 Å². The number of aromatic hydroxyl groups is 1. The molecule has 0 aliphatic heterocycles. The molecule has 1 unspecified atom stereocenters. The Labute approximate surface area is 107 Å². The van der Waals surface area contributed by atoms with Crippen LogP contribution < -0.4 is 0 Å². The molecule has 0 aromatic heterocycles. The van der Waals surface area contributed by atoms with Gasteiger partial charge >= 0.3 is 5.97 Å². The van der Waals surface area contributed by atoms with Crippen LogP contribution in [-0.2, 0) is 9.59 Å². The van der Waals surface area contributed by atoms with E-state index in [9.17, 15) is 14.7 Å². The van der Waals surface area contributed by atoms with E-state index in [0.29, 0.717) is 11.1 Å². The lowest BCUT2D eigenvalue weighted by Crippen LogP contribution is -2.03. The van der Waals surface area contributed by atoms with Gasteiger partial charge in [0.2, 0.25) is 0 Å². The van der Waals surface area contributed by atoms with Gasteiger partial charge in [0.05, 0.1) is 4.83 Å². The van der Waals surface area contributed by atoms with Crippen LogP contribution in [0.25, 0.3) is 6.08 Å². The molecule has 0 amide bonds. The summed E-state index contributed by atoms with van der Waals surface area (Å²) < 4.78 is 0. The molecule has 1 atom stereocenters. The van der Waals surface area contributed by atoms with Crippen LogP contribution in [0.4, 0.5) is 0 Å². The smallest absolute Gasteiger partial charge is 0.328 e. The molecule has 1 aromatic rings. The van der Waals surface area contributed by atoms with E-state index in [1.807, 2.05) is 0 Å². The third-order valence-corrected chi connectivity index (χ3v) is 3.28. The van der Waals surface area contributed by atoms with Gasteiger partial charge in [0.1, 0.15) is 11.5 Å². The number of carbonyl (C=O) groups excluding carboxylic acids is 1. The molecular weight excluding hydrogens is 288 g/mol. The predicted octanol–water partition coefficient (Wildman–Crippen LogP) is 2.51. The average molecular weight is 299 g/mol. The number of carbonyl (C=O) groups is 2. The van der Waals surface area contributed by atoms with Gasteiger partial charge in [0, 0.05) is 11.6 Å². The van der Waals surface area contributed by atoms with Crippen LogP contribution in [0.15, 0.2) is 24.3 Å². The minimum atomic E-state index is -1.12. The van der Waals surface area contributed by atoms with Gasteiger partial charge in [-0.3, -0.25) is 4.79 Å². The van der Waals surface area contributed by atoms with Crippen LogP contribution in [0.3, 0.4) is 0 Å². The van der Waals surface area contributed by atoms with E-state index < -0.39 is 10.8 Å². The second-order valence-corrected chi connectivity index (χ2v) is 4.34. The Balaban J connectivity index is 3.26. The Kier molecular flexibility index (Phi) is 4.45. The Bertz CT molecular complexity index is 479. The number of carboxylic acid groups (broad SMARTS) is 1. The minimum Gasteiger partial charge on any atom is -0.507 e. The van der Waals surface area contributed by atoms with Gasteiger partial charge in [-0.15, -0.1) is 0 Å². The molecule has 0 fully saturated rings.